The molecule has 0 saturated carbocycles. The predicted molar refractivity (Wildman–Crippen MR) is 70.2 cm³/mol. The molecule has 0 aliphatic carbocycles. The predicted octanol–water partition coefficient (Wildman–Crippen LogP) is 3.97. The number of halogens is 3. The maximum Gasteiger partial charge on any atom is 0.256 e. The first-order valence-electron chi connectivity index (χ1n) is 5.92. The lowest BCUT2D eigenvalue weighted by molar-refractivity contribution is 0.102. The first-order valence-corrected chi connectivity index (χ1v) is 5.92. The summed E-state index contributed by atoms with van der Waals surface area (Å²) in [6, 6.07) is 6.59. The highest BCUT2D eigenvalue weighted by molar-refractivity contribution is 6.05. The van der Waals surface area contributed by atoms with Crippen molar-refractivity contribution in [3.05, 3.63) is 64.5 Å². The van der Waals surface area contributed by atoms with E-state index in [1.165, 1.54) is 38.1 Å². The van der Waals surface area contributed by atoms with Gasteiger partial charge in [0, 0.05) is 16.8 Å². The number of hydrogen-bond donors (Lipinski definition) is 1. The minimum atomic E-state index is -1.05. The highest BCUT2D eigenvalue weighted by Crippen LogP contribution is 2.21. The zero-order valence-electron chi connectivity index (χ0n) is 10.9. The smallest absolute Gasteiger partial charge is 0.256 e. The number of aryl methyl sites for hydroxylation is 1. The summed E-state index contributed by atoms with van der Waals surface area (Å²) in [7, 11) is 0. The number of hydrogen-bond acceptors (Lipinski definition) is 1. The van der Waals surface area contributed by atoms with Gasteiger partial charge in [0.1, 0.15) is 5.82 Å². The van der Waals surface area contributed by atoms with E-state index < -0.39 is 23.4 Å². The third-order valence-corrected chi connectivity index (χ3v) is 2.96. The van der Waals surface area contributed by atoms with Crippen molar-refractivity contribution in [2.45, 2.75) is 13.8 Å². The SMILES string of the molecule is Cc1cc(C(=O)Nc2cccc(F)c2)c(C)c(F)c1F. The van der Waals surface area contributed by atoms with Crippen LogP contribution < -0.4 is 5.32 Å². The second-order valence-electron chi connectivity index (χ2n) is 4.46. The zero-order chi connectivity index (χ0) is 14.9. The van der Waals surface area contributed by atoms with Crippen LogP contribution in [0.1, 0.15) is 21.5 Å². The minimum Gasteiger partial charge on any atom is -0.322 e. The van der Waals surface area contributed by atoms with Gasteiger partial charge in [-0.05, 0) is 43.7 Å². The molecule has 2 nitrogen and oxygen atoms in total. The summed E-state index contributed by atoms with van der Waals surface area (Å²) in [5, 5.41) is 2.45. The fourth-order valence-electron chi connectivity index (χ4n) is 1.84. The van der Waals surface area contributed by atoms with Gasteiger partial charge in [-0.1, -0.05) is 6.07 Å². The largest absolute Gasteiger partial charge is 0.322 e. The molecule has 0 bridgehead atoms. The van der Waals surface area contributed by atoms with E-state index in [0.717, 1.165) is 6.07 Å². The molecule has 0 spiro atoms. The molecule has 0 heterocycles. The van der Waals surface area contributed by atoms with Crippen molar-refractivity contribution in [2.24, 2.45) is 0 Å². The highest BCUT2D eigenvalue weighted by Gasteiger charge is 2.18. The Balaban J connectivity index is 2.35. The molecular formula is C15H12F3NO. The van der Waals surface area contributed by atoms with Crippen molar-refractivity contribution >= 4 is 11.6 Å². The van der Waals surface area contributed by atoms with Gasteiger partial charge in [-0.2, -0.15) is 0 Å². The fraction of sp³-hybridized carbons (Fsp3) is 0.133. The fourth-order valence-corrected chi connectivity index (χ4v) is 1.84. The van der Waals surface area contributed by atoms with Gasteiger partial charge < -0.3 is 5.32 Å². The van der Waals surface area contributed by atoms with E-state index in [2.05, 4.69) is 5.32 Å². The van der Waals surface area contributed by atoms with Gasteiger partial charge in [-0.15, -0.1) is 0 Å². The summed E-state index contributed by atoms with van der Waals surface area (Å²) >= 11 is 0. The summed E-state index contributed by atoms with van der Waals surface area (Å²) < 4.78 is 40.0. The Morgan fingerprint density at radius 2 is 1.75 bits per heavy atom. The van der Waals surface area contributed by atoms with Crippen LogP contribution in [0.15, 0.2) is 30.3 Å². The van der Waals surface area contributed by atoms with E-state index in [1.54, 1.807) is 0 Å². The Bertz CT molecular complexity index is 683. The first kappa shape index (κ1) is 14.1. The van der Waals surface area contributed by atoms with Crippen molar-refractivity contribution in [3.63, 3.8) is 0 Å². The molecule has 0 aromatic heterocycles. The minimum absolute atomic E-state index is 0.0191. The van der Waals surface area contributed by atoms with Gasteiger partial charge in [0.25, 0.3) is 5.91 Å². The van der Waals surface area contributed by atoms with E-state index in [-0.39, 0.29) is 22.4 Å². The topological polar surface area (TPSA) is 29.1 Å². The van der Waals surface area contributed by atoms with Crippen LogP contribution >= 0.6 is 0 Å². The lowest BCUT2D eigenvalue weighted by atomic mass is 10.0. The van der Waals surface area contributed by atoms with Crippen LogP contribution in [0, 0.1) is 31.3 Å². The van der Waals surface area contributed by atoms with Crippen LogP contribution in [0.25, 0.3) is 0 Å². The Morgan fingerprint density at radius 1 is 1.05 bits per heavy atom. The molecule has 0 saturated heterocycles. The molecule has 5 heteroatoms. The normalized spacial score (nSPS) is 10.4. The van der Waals surface area contributed by atoms with Crippen LogP contribution in [0.3, 0.4) is 0 Å². The Morgan fingerprint density at radius 3 is 2.40 bits per heavy atom. The Hall–Kier alpha value is -2.30. The van der Waals surface area contributed by atoms with Crippen LogP contribution in [0.4, 0.5) is 18.9 Å². The van der Waals surface area contributed by atoms with Gasteiger partial charge in [-0.3, -0.25) is 4.79 Å². The molecule has 0 fully saturated rings. The molecule has 0 atom stereocenters. The van der Waals surface area contributed by atoms with Crippen LogP contribution in [-0.2, 0) is 0 Å². The molecule has 20 heavy (non-hydrogen) atoms. The van der Waals surface area contributed by atoms with Crippen LogP contribution in [-0.4, -0.2) is 5.91 Å². The third-order valence-electron chi connectivity index (χ3n) is 2.96. The second-order valence-corrected chi connectivity index (χ2v) is 4.46. The van der Waals surface area contributed by atoms with Crippen molar-refractivity contribution < 1.29 is 18.0 Å². The monoisotopic (exact) mass is 279 g/mol. The average Bonchev–Trinajstić information content (AvgIpc) is 2.40. The Labute approximate surface area is 114 Å². The van der Waals surface area contributed by atoms with Crippen molar-refractivity contribution in [1.29, 1.82) is 0 Å². The molecule has 104 valence electrons. The van der Waals surface area contributed by atoms with Crippen molar-refractivity contribution in [2.75, 3.05) is 5.32 Å². The van der Waals surface area contributed by atoms with Gasteiger partial charge in [0.2, 0.25) is 0 Å². The number of anilines is 1. The Kier molecular flexibility index (Phi) is 3.79. The molecule has 1 N–H and O–H groups in total. The lowest BCUT2D eigenvalue weighted by Gasteiger charge is -2.10. The van der Waals surface area contributed by atoms with Gasteiger partial charge in [-0.25, -0.2) is 13.2 Å². The van der Waals surface area contributed by atoms with Crippen molar-refractivity contribution in [1.82, 2.24) is 0 Å². The lowest BCUT2D eigenvalue weighted by Crippen LogP contribution is -2.15. The molecular weight excluding hydrogens is 267 g/mol. The maximum atomic E-state index is 13.6. The number of rotatable bonds is 2. The van der Waals surface area contributed by atoms with Gasteiger partial charge in [0.05, 0.1) is 0 Å². The average molecular weight is 279 g/mol. The molecule has 0 unspecified atom stereocenters. The summed E-state index contributed by atoms with van der Waals surface area (Å²) in [5.74, 6) is -3.13. The number of nitrogens with one attached hydrogen (secondary N) is 1. The molecule has 0 radical (unpaired) electrons. The second kappa shape index (κ2) is 5.36. The molecule has 2 rings (SSSR count). The molecule has 2 aromatic carbocycles. The van der Waals surface area contributed by atoms with E-state index in [9.17, 15) is 18.0 Å². The number of benzene rings is 2. The number of amides is 1. The summed E-state index contributed by atoms with van der Waals surface area (Å²) in [5.41, 5.74) is 0.224. The van der Waals surface area contributed by atoms with E-state index in [4.69, 9.17) is 0 Å². The van der Waals surface area contributed by atoms with E-state index in [0.29, 0.717) is 0 Å². The number of carbonyl (C=O) groups is 1. The van der Waals surface area contributed by atoms with E-state index in [1.807, 2.05) is 0 Å². The third kappa shape index (κ3) is 2.66. The highest BCUT2D eigenvalue weighted by atomic mass is 19.2. The van der Waals surface area contributed by atoms with Crippen molar-refractivity contribution in [3.8, 4) is 0 Å². The van der Waals surface area contributed by atoms with Gasteiger partial charge >= 0.3 is 0 Å². The molecule has 0 aliphatic rings. The molecule has 1 amide bonds. The van der Waals surface area contributed by atoms with Crippen LogP contribution in [0.5, 0.6) is 0 Å². The van der Waals surface area contributed by atoms with E-state index >= 15 is 0 Å². The first-order chi connectivity index (χ1) is 9.40. The molecule has 0 aliphatic heterocycles. The standard InChI is InChI=1S/C15H12F3NO/c1-8-6-12(9(2)14(18)13(8)17)15(20)19-11-5-3-4-10(16)7-11/h3-7H,1-2H3,(H,19,20). The summed E-state index contributed by atoms with van der Waals surface area (Å²) in [6.45, 7) is 2.69. The van der Waals surface area contributed by atoms with Crippen LogP contribution in [0.2, 0.25) is 0 Å². The number of carbonyl (C=O) groups excluding carboxylic acids is 1. The maximum absolute atomic E-state index is 13.6. The quantitative estimate of drug-likeness (QED) is 0.885. The molecule has 2 aromatic rings. The van der Waals surface area contributed by atoms with Gasteiger partial charge in [0.15, 0.2) is 11.6 Å². The summed E-state index contributed by atoms with van der Waals surface area (Å²) in [4.78, 5) is 12.0. The zero-order valence-corrected chi connectivity index (χ0v) is 10.9. The summed E-state index contributed by atoms with van der Waals surface area (Å²) in [6.07, 6.45) is 0.